The van der Waals surface area contributed by atoms with Gasteiger partial charge in [0, 0.05) is 33.3 Å². The number of hydrogen-bond acceptors (Lipinski definition) is 6. The maximum Gasteiger partial charge on any atom is 0.257 e. The maximum atomic E-state index is 13.1. The number of nitrogens with zero attached hydrogens (tertiary/aromatic N) is 1. The van der Waals surface area contributed by atoms with Gasteiger partial charge in [-0.2, -0.15) is 0 Å². The molecule has 2 heterocycles. The van der Waals surface area contributed by atoms with Gasteiger partial charge in [0.15, 0.2) is 0 Å². The lowest BCUT2D eigenvalue weighted by molar-refractivity contribution is -0.134. The standard InChI is InChI=1S/C21H29N3O6/c1-13(25)23-14-4-7-18-16(10-14)21(27)24(2)17-6-5-15(30-19(17)12-29-18)11-20(26)22-8-9-28-3/h4,7,10,15,17,19H,5-6,8-9,11-12H2,1-3H3,(H,22,26)(H,23,25)/t15-,17-,19+/m0/s1. The first-order valence-electron chi connectivity index (χ1n) is 10.1. The zero-order valence-corrected chi connectivity index (χ0v) is 17.6. The van der Waals surface area contributed by atoms with E-state index in [1.165, 1.54) is 6.92 Å². The Bertz CT molecular complexity index is 799. The van der Waals surface area contributed by atoms with Crippen LogP contribution in [0.3, 0.4) is 0 Å². The molecule has 1 aromatic carbocycles. The molecule has 3 rings (SSSR count). The van der Waals surface area contributed by atoms with Gasteiger partial charge in [-0.3, -0.25) is 14.4 Å². The molecule has 2 aliphatic rings. The van der Waals surface area contributed by atoms with Crippen molar-refractivity contribution in [3.63, 3.8) is 0 Å². The SMILES string of the molecule is COCCNC(=O)C[C@@H]1CC[C@H]2[C@@H](COc3ccc(NC(C)=O)cc3C(=O)N2C)O1. The van der Waals surface area contributed by atoms with E-state index in [-0.39, 0.29) is 49.0 Å². The Balaban J connectivity index is 1.69. The van der Waals surface area contributed by atoms with Crippen LogP contribution in [0, 0.1) is 0 Å². The Hall–Kier alpha value is -2.65. The summed E-state index contributed by atoms with van der Waals surface area (Å²) in [6.07, 6.45) is 1.11. The van der Waals surface area contributed by atoms with Crippen LogP contribution < -0.4 is 15.4 Å². The molecule has 30 heavy (non-hydrogen) atoms. The van der Waals surface area contributed by atoms with Crippen LogP contribution >= 0.6 is 0 Å². The molecule has 0 bridgehead atoms. The molecule has 0 unspecified atom stereocenters. The smallest absolute Gasteiger partial charge is 0.257 e. The zero-order chi connectivity index (χ0) is 21.7. The molecule has 0 aromatic heterocycles. The van der Waals surface area contributed by atoms with Gasteiger partial charge in [0.25, 0.3) is 5.91 Å². The first-order chi connectivity index (χ1) is 14.4. The van der Waals surface area contributed by atoms with Crippen LogP contribution in [-0.2, 0) is 19.1 Å². The van der Waals surface area contributed by atoms with Crippen LogP contribution in [0.15, 0.2) is 18.2 Å². The highest BCUT2D eigenvalue weighted by Crippen LogP contribution is 2.32. The highest BCUT2D eigenvalue weighted by atomic mass is 16.5. The minimum atomic E-state index is -0.326. The molecule has 2 aliphatic heterocycles. The Morgan fingerprint density at radius 2 is 2.10 bits per heavy atom. The molecule has 1 fully saturated rings. The van der Waals surface area contributed by atoms with E-state index in [2.05, 4.69) is 10.6 Å². The molecule has 3 amide bonds. The number of rotatable bonds is 6. The normalized spacial score (nSPS) is 23.4. The van der Waals surface area contributed by atoms with Gasteiger partial charge in [-0.15, -0.1) is 0 Å². The third-order valence-corrected chi connectivity index (χ3v) is 5.37. The highest BCUT2D eigenvalue weighted by molar-refractivity contribution is 5.99. The Labute approximate surface area is 176 Å². The van der Waals surface area contributed by atoms with Gasteiger partial charge < -0.3 is 29.7 Å². The maximum absolute atomic E-state index is 13.1. The molecule has 0 radical (unpaired) electrons. The molecule has 164 valence electrons. The summed E-state index contributed by atoms with van der Waals surface area (Å²) in [6.45, 7) is 2.62. The second kappa shape index (κ2) is 9.90. The van der Waals surface area contributed by atoms with Crippen LogP contribution in [-0.4, -0.2) is 74.8 Å². The number of carbonyl (C=O) groups is 3. The van der Waals surface area contributed by atoms with Crippen LogP contribution in [0.1, 0.15) is 36.5 Å². The number of ether oxygens (including phenoxy) is 3. The molecule has 9 nitrogen and oxygen atoms in total. The van der Waals surface area contributed by atoms with E-state index in [9.17, 15) is 14.4 Å². The van der Waals surface area contributed by atoms with E-state index in [1.54, 1.807) is 37.3 Å². The predicted molar refractivity (Wildman–Crippen MR) is 110 cm³/mol. The van der Waals surface area contributed by atoms with Gasteiger partial charge in [0.2, 0.25) is 11.8 Å². The van der Waals surface area contributed by atoms with Gasteiger partial charge in [0.1, 0.15) is 18.5 Å². The fraction of sp³-hybridized carbons (Fsp3) is 0.571. The first kappa shape index (κ1) is 22.0. The summed E-state index contributed by atoms with van der Waals surface area (Å²) in [4.78, 5) is 38.2. The van der Waals surface area contributed by atoms with Crippen molar-refractivity contribution in [1.29, 1.82) is 0 Å². The number of benzene rings is 1. The summed E-state index contributed by atoms with van der Waals surface area (Å²) in [7, 11) is 3.34. The van der Waals surface area contributed by atoms with Gasteiger partial charge in [0.05, 0.1) is 30.7 Å². The van der Waals surface area contributed by atoms with E-state index in [4.69, 9.17) is 14.2 Å². The number of methoxy groups -OCH3 is 1. The van der Waals surface area contributed by atoms with Crippen molar-refractivity contribution in [2.45, 2.75) is 44.4 Å². The van der Waals surface area contributed by atoms with Crippen molar-refractivity contribution >= 4 is 23.4 Å². The molecule has 9 heteroatoms. The summed E-state index contributed by atoms with van der Waals surface area (Å²) >= 11 is 0. The van der Waals surface area contributed by atoms with E-state index in [0.29, 0.717) is 43.0 Å². The van der Waals surface area contributed by atoms with E-state index in [0.717, 1.165) is 0 Å². The number of nitrogens with one attached hydrogen (secondary N) is 2. The number of anilines is 1. The lowest BCUT2D eigenvalue weighted by atomic mass is 9.94. The average Bonchev–Trinajstić information content (AvgIpc) is 2.71. The third kappa shape index (κ3) is 5.28. The topological polar surface area (TPSA) is 106 Å². The summed E-state index contributed by atoms with van der Waals surface area (Å²) in [5.74, 6) is -0.0307. The second-order valence-corrected chi connectivity index (χ2v) is 7.61. The van der Waals surface area contributed by atoms with Crippen molar-refractivity contribution in [2.75, 3.05) is 39.2 Å². The molecular weight excluding hydrogens is 390 g/mol. The lowest BCUT2D eigenvalue weighted by Gasteiger charge is -2.42. The highest BCUT2D eigenvalue weighted by Gasteiger charge is 2.39. The summed E-state index contributed by atoms with van der Waals surface area (Å²) in [6, 6.07) is 4.85. The number of carbonyl (C=O) groups excluding carboxylic acids is 3. The molecule has 0 aliphatic carbocycles. The van der Waals surface area contributed by atoms with Crippen molar-refractivity contribution in [3.05, 3.63) is 23.8 Å². The van der Waals surface area contributed by atoms with Crippen molar-refractivity contribution in [3.8, 4) is 5.75 Å². The minimum Gasteiger partial charge on any atom is -0.490 e. The Morgan fingerprint density at radius 1 is 1.30 bits per heavy atom. The van der Waals surface area contributed by atoms with E-state index >= 15 is 0 Å². The number of amides is 3. The van der Waals surface area contributed by atoms with E-state index in [1.807, 2.05) is 0 Å². The van der Waals surface area contributed by atoms with Crippen LogP contribution in [0.2, 0.25) is 0 Å². The van der Waals surface area contributed by atoms with Crippen molar-refractivity contribution in [2.24, 2.45) is 0 Å². The van der Waals surface area contributed by atoms with E-state index < -0.39 is 0 Å². The monoisotopic (exact) mass is 419 g/mol. The van der Waals surface area contributed by atoms with Crippen LogP contribution in [0.25, 0.3) is 0 Å². The largest absolute Gasteiger partial charge is 0.490 e. The molecule has 0 spiro atoms. The summed E-state index contributed by atoms with van der Waals surface area (Å²) < 4.78 is 17.0. The molecule has 0 saturated carbocycles. The molecule has 3 atom stereocenters. The zero-order valence-electron chi connectivity index (χ0n) is 17.6. The van der Waals surface area contributed by atoms with Crippen molar-refractivity contribution < 1.29 is 28.6 Å². The molecule has 2 N–H and O–H groups in total. The number of likely N-dealkylation sites (N-methyl/N-ethyl adjacent to an activating group) is 1. The van der Waals surface area contributed by atoms with Crippen LogP contribution in [0.4, 0.5) is 5.69 Å². The van der Waals surface area contributed by atoms with Crippen LogP contribution in [0.5, 0.6) is 5.75 Å². The number of hydrogen-bond donors (Lipinski definition) is 2. The summed E-state index contributed by atoms with van der Waals surface area (Å²) in [5.41, 5.74) is 0.949. The predicted octanol–water partition coefficient (Wildman–Crippen LogP) is 1.18. The average molecular weight is 419 g/mol. The molecule has 1 saturated heterocycles. The minimum absolute atomic E-state index is 0.0810. The quantitative estimate of drug-likeness (QED) is 0.671. The van der Waals surface area contributed by atoms with Gasteiger partial charge in [-0.25, -0.2) is 0 Å². The summed E-state index contributed by atoms with van der Waals surface area (Å²) in [5, 5.41) is 5.49. The Kier molecular flexibility index (Phi) is 7.28. The fourth-order valence-corrected chi connectivity index (χ4v) is 3.88. The Morgan fingerprint density at radius 3 is 2.83 bits per heavy atom. The van der Waals surface area contributed by atoms with Gasteiger partial charge in [-0.05, 0) is 31.0 Å². The van der Waals surface area contributed by atoms with Gasteiger partial charge in [-0.1, -0.05) is 0 Å². The first-order valence-corrected chi connectivity index (χ1v) is 10.1. The lowest BCUT2D eigenvalue weighted by Crippen LogP contribution is -2.54. The van der Waals surface area contributed by atoms with Crippen molar-refractivity contribution in [1.82, 2.24) is 10.2 Å². The molecular formula is C21H29N3O6. The third-order valence-electron chi connectivity index (χ3n) is 5.37. The second-order valence-electron chi connectivity index (χ2n) is 7.61. The molecule has 1 aromatic rings. The number of fused-ring (bicyclic) bond motifs is 2. The van der Waals surface area contributed by atoms with Gasteiger partial charge >= 0.3 is 0 Å². The fourth-order valence-electron chi connectivity index (χ4n) is 3.88.